The fourth-order valence-corrected chi connectivity index (χ4v) is 3.51. The van der Waals surface area contributed by atoms with Crippen LogP contribution in [0.3, 0.4) is 0 Å². The molecule has 2 saturated heterocycles. The van der Waals surface area contributed by atoms with Crippen molar-refractivity contribution in [3.05, 3.63) is 29.8 Å². The second-order valence-corrected chi connectivity index (χ2v) is 8.08. The molecular formula is C20H27N3O4. The first-order valence-electron chi connectivity index (χ1n) is 9.32. The number of aryl methyl sites for hydroxylation is 1. The first-order valence-corrected chi connectivity index (χ1v) is 9.32. The number of benzene rings is 1. The molecule has 27 heavy (non-hydrogen) atoms. The van der Waals surface area contributed by atoms with E-state index < -0.39 is 11.6 Å². The van der Waals surface area contributed by atoms with Crippen molar-refractivity contribution in [3.8, 4) is 0 Å². The van der Waals surface area contributed by atoms with Crippen LogP contribution in [-0.4, -0.2) is 65.5 Å². The van der Waals surface area contributed by atoms with Crippen molar-refractivity contribution in [1.82, 2.24) is 9.80 Å². The molecule has 2 aliphatic rings. The number of rotatable bonds is 2. The van der Waals surface area contributed by atoms with Crippen molar-refractivity contribution in [2.75, 3.05) is 31.1 Å². The molecule has 2 aliphatic heterocycles. The van der Waals surface area contributed by atoms with Gasteiger partial charge in [0.25, 0.3) is 5.91 Å². The monoisotopic (exact) mass is 373 g/mol. The zero-order valence-electron chi connectivity index (χ0n) is 16.4. The van der Waals surface area contributed by atoms with Crippen molar-refractivity contribution < 1.29 is 19.1 Å². The number of ether oxygens (including phenoxy) is 1. The summed E-state index contributed by atoms with van der Waals surface area (Å²) in [5.74, 6) is -0.353. The molecule has 1 aromatic carbocycles. The minimum absolute atomic E-state index is 0.172. The number of hydrogen-bond donors (Lipinski definition) is 0. The molecule has 0 radical (unpaired) electrons. The third-order valence-corrected chi connectivity index (χ3v) is 4.89. The molecule has 0 aliphatic carbocycles. The zero-order valence-corrected chi connectivity index (χ0v) is 16.4. The summed E-state index contributed by atoms with van der Waals surface area (Å²) in [4.78, 5) is 42.6. The highest BCUT2D eigenvalue weighted by Gasteiger charge is 2.44. The van der Waals surface area contributed by atoms with Gasteiger partial charge in [0.1, 0.15) is 5.60 Å². The lowest BCUT2D eigenvalue weighted by atomic mass is 10.1. The van der Waals surface area contributed by atoms with Gasteiger partial charge in [-0.2, -0.15) is 0 Å². The summed E-state index contributed by atoms with van der Waals surface area (Å²) in [6.07, 6.45) is -0.155. The normalized spacial score (nSPS) is 21.7. The van der Waals surface area contributed by atoms with E-state index in [0.29, 0.717) is 31.9 Å². The summed E-state index contributed by atoms with van der Waals surface area (Å²) in [6.45, 7) is 9.46. The van der Waals surface area contributed by atoms with Crippen molar-refractivity contribution in [2.24, 2.45) is 0 Å². The average Bonchev–Trinajstić information content (AvgIpc) is 2.89. The minimum Gasteiger partial charge on any atom is -0.444 e. The largest absolute Gasteiger partial charge is 0.444 e. The molecule has 0 aromatic heterocycles. The quantitative estimate of drug-likeness (QED) is 0.743. The number of amides is 3. The number of piperazine rings is 1. The lowest BCUT2D eigenvalue weighted by Crippen LogP contribution is -2.54. The van der Waals surface area contributed by atoms with Crippen LogP contribution in [-0.2, 0) is 14.3 Å². The molecule has 3 amide bonds. The van der Waals surface area contributed by atoms with Gasteiger partial charge in [-0.1, -0.05) is 18.2 Å². The molecule has 1 atom stereocenters. The SMILES string of the molecule is Cc1ccccc1N1C(=O)C[C@H](N2CCN(C(=O)OC(C)(C)C)CC2)C1=O. The molecular weight excluding hydrogens is 346 g/mol. The van der Waals surface area contributed by atoms with Crippen molar-refractivity contribution >= 4 is 23.6 Å². The highest BCUT2D eigenvalue weighted by molar-refractivity contribution is 6.22. The molecule has 0 bridgehead atoms. The molecule has 0 N–H and O–H groups in total. The van der Waals surface area contributed by atoms with Gasteiger partial charge in [-0.25, -0.2) is 9.69 Å². The maximum absolute atomic E-state index is 12.9. The summed E-state index contributed by atoms with van der Waals surface area (Å²) in [6, 6.07) is 6.95. The third kappa shape index (κ3) is 4.13. The number of carbonyl (C=O) groups excluding carboxylic acids is 3. The first-order chi connectivity index (χ1) is 12.7. The minimum atomic E-state index is -0.532. The summed E-state index contributed by atoms with van der Waals surface area (Å²) in [5.41, 5.74) is 1.02. The maximum Gasteiger partial charge on any atom is 0.410 e. The lowest BCUT2D eigenvalue weighted by Gasteiger charge is -2.37. The Morgan fingerprint density at radius 3 is 2.30 bits per heavy atom. The summed E-state index contributed by atoms with van der Waals surface area (Å²) in [5, 5.41) is 0. The Hall–Kier alpha value is -2.41. The molecule has 1 aromatic rings. The lowest BCUT2D eigenvalue weighted by molar-refractivity contribution is -0.123. The number of para-hydroxylation sites is 1. The number of anilines is 1. The Morgan fingerprint density at radius 2 is 1.70 bits per heavy atom. The smallest absolute Gasteiger partial charge is 0.410 e. The fourth-order valence-electron chi connectivity index (χ4n) is 3.51. The van der Waals surface area contributed by atoms with Crippen LogP contribution in [0.1, 0.15) is 32.8 Å². The van der Waals surface area contributed by atoms with Crippen LogP contribution in [0.5, 0.6) is 0 Å². The van der Waals surface area contributed by atoms with Gasteiger partial charge in [-0.3, -0.25) is 14.5 Å². The highest BCUT2D eigenvalue weighted by atomic mass is 16.6. The molecule has 7 nitrogen and oxygen atoms in total. The number of hydrogen-bond acceptors (Lipinski definition) is 5. The van der Waals surface area contributed by atoms with Crippen LogP contribution in [0.2, 0.25) is 0 Å². The zero-order chi connectivity index (χ0) is 19.8. The topological polar surface area (TPSA) is 70.2 Å². The van der Waals surface area contributed by atoms with E-state index in [1.807, 2.05) is 50.8 Å². The highest BCUT2D eigenvalue weighted by Crippen LogP contribution is 2.28. The molecule has 146 valence electrons. The van der Waals surface area contributed by atoms with Crippen LogP contribution in [0.4, 0.5) is 10.5 Å². The number of nitrogens with zero attached hydrogens (tertiary/aromatic N) is 3. The molecule has 3 rings (SSSR count). The van der Waals surface area contributed by atoms with Gasteiger partial charge >= 0.3 is 6.09 Å². The van der Waals surface area contributed by atoms with Gasteiger partial charge in [0.05, 0.1) is 18.2 Å². The van der Waals surface area contributed by atoms with Crippen molar-refractivity contribution in [3.63, 3.8) is 0 Å². The van der Waals surface area contributed by atoms with E-state index in [1.165, 1.54) is 4.90 Å². The van der Waals surface area contributed by atoms with E-state index in [-0.39, 0.29) is 24.3 Å². The maximum atomic E-state index is 12.9. The van der Waals surface area contributed by atoms with Gasteiger partial charge in [0.2, 0.25) is 5.91 Å². The molecule has 0 spiro atoms. The van der Waals surface area contributed by atoms with Gasteiger partial charge < -0.3 is 9.64 Å². The Morgan fingerprint density at radius 1 is 1.07 bits per heavy atom. The van der Waals surface area contributed by atoms with Crippen LogP contribution < -0.4 is 4.90 Å². The van der Waals surface area contributed by atoms with E-state index in [1.54, 1.807) is 11.0 Å². The number of imide groups is 1. The van der Waals surface area contributed by atoms with Crippen LogP contribution in [0, 0.1) is 6.92 Å². The molecule has 7 heteroatoms. The summed E-state index contributed by atoms with van der Waals surface area (Å²) >= 11 is 0. The molecule has 0 unspecified atom stereocenters. The van der Waals surface area contributed by atoms with Crippen molar-refractivity contribution in [1.29, 1.82) is 0 Å². The van der Waals surface area contributed by atoms with E-state index in [2.05, 4.69) is 0 Å². The van der Waals surface area contributed by atoms with Gasteiger partial charge in [-0.05, 0) is 39.3 Å². The van der Waals surface area contributed by atoms with E-state index in [0.717, 1.165) is 5.56 Å². The summed E-state index contributed by atoms with van der Waals surface area (Å²) < 4.78 is 5.40. The first kappa shape index (κ1) is 19.4. The molecule has 0 saturated carbocycles. The predicted molar refractivity (Wildman–Crippen MR) is 101 cm³/mol. The van der Waals surface area contributed by atoms with Gasteiger partial charge in [0, 0.05) is 26.2 Å². The summed E-state index contributed by atoms with van der Waals surface area (Å²) in [7, 11) is 0. The Kier molecular flexibility index (Phi) is 5.24. The third-order valence-electron chi connectivity index (χ3n) is 4.89. The van der Waals surface area contributed by atoms with Crippen LogP contribution in [0.25, 0.3) is 0 Å². The van der Waals surface area contributed by atoms with Gasteiger partial charge in [-0.15, -0.1) is 0 Å². The standard InChI is InChI=1S/C20H27N3O4/c1-14-7-5-6-8-15(14)23-17(24)13-16(18(23)25)21-9-11-22(12-10-21)19(26)27-20(2,3)4/h5-8,16H,9-13H2,1-4H3/t16-/m0/s1. The molecule has 2 fully saturated rings. The molecule has 2 heterocycles. The van der Waals surface area contributed by atoms with E-state index in [9.17, 15) is 14.4 Å². The van der Waals surface area contributed by atoms with Crippen LogP contribution >= 0.6 is 0 Å². The second kappa shape index (κ2) is 7.31. The Labute approximate surface area is 159 Å². The fraction of sp³-hybridized carbons (Fsp3) is 0.550. The number of carbonyl (C=O) groups is 3. The van der Waals surface area contributed by atoms with Crippen LogP contribution in [0.15, 0.2) is 24.3 Å². The average molecular weight is 373 g/mol. The van der Waals surface area contributed by atoms with Crippen molar-refractivity contribution in [2.45, 2.75) is 45.8 Å². The Balaban J connectivity index is 1.64. The van der Waals surface area contributed by atoms with E-state index in [4.69, 9.17) is 4.74 Å². The predicted octanol–water partition coefficient (Wildman–Crippen LogP) is 2.18. The van der Waals surface area contributed by atoms with Gasteiger partial charge in [0.15, 0.2) is 0 Å². The second-order valence-electron chi connectivity index (χ2n) is 8.08. The Bertz CT molecular complexity index is 748. The van der Waals surface area contributed by atoms with E-state index >= 15 is 0 Å².